The van der Waals surface area contributed by atoms with E-state index in [2.05, 4.69) is 4.99 Å². The summed E-state index contributed by atoms with van der Waals surface area (Å²) in [5, 5.41) is 0.627. The Hall–Kier alpha value is -2.83. The van der Waals surface area contributed by atoms with Gasteiger partial charge in [0.2, 0.25) is 0 Å². The molecule has 1 unspecified atom stereocenters. The Morgan fingerprint density at radius 3 is 2.55 bits per heavy atom. The second-order valence-corrected chi connectivity index (χ2v) is 8.77. The van der Waals surface area contributed by atoms with Crippen molar-refractivity contribution in [2.45, 2.75) is 31.6 Å². The summed E-state index contributed by atoms with van der Waals surface area (Å²) in [5.41, 5.74) is 2.82. The summed E-state index contributed by atoms with van der Waals surface area (Å²) < 4.78 is 25.3. The largest absolute Gasteiger partial charge is 0.463 e. The molecule has 3 atom stereocenters. The van der Waals surface area contributed by atoms with Crippen LogP contribution < -0.4 is 0 Å². The minimum absolute atomic E-state index is 0.0588. The Labute approximate surface area is 197 Å². The Bertz CT molecular complexity index is 1130. The van der Waals surface area contributed by atoms with E-state index < -0.39 is 23.6 Å². The van der Waals surface area contributed by atoms with Crippen molar-refractivity contribution in [3.63, 3.8) is 0 Å². The first-order chi connectivity index (χ1) is 15.9. The molecule has 0 saturated carbocycles. The summed E-state index contributed by atoms with van der Waals surface area (Å²) in [4.78, 5) is 31.2. The van der Waals surface area contributed by atoms with Crippen molar-refractivity contribution in [1.82, 2.24) is 0 Å². The molecule has 0 bridgehead atoms. The predicted molar refractivity (Wildman–Crippen MR) is 124 cm³/mol. The monoisotopic (exact) mass is 469 g/mol. The summed E-state index contributed by atoms with van der Waals surface area (Å²) in [7, 11) is 1.51. The number of methoxy groups -OCH3 is 1. The number of carbonyl (C=O) groups excluding carboxylic acids is 2. The smallest absolute Gasteiger partial charge is 0.315 e. The fraction of sp³-hybridized carbons (Fsp3) is 0.346. The Morgan fingerprint density at radius 1 is 1.12 bits per heavy atom. The lowest BCUT2D eigenvalue weighted by Gasteiger charge is -2.36. The van der Waals surface area contributed by atoms with Crippen LogP contribution >= 0.6 is 11.6 Å². The molecule has 2 aromatic rings. The maximum atomic E-state index is 15.0. The van der Waals surface area contributed by atoms with Gasteiger partial charge in [-0.05, 0) is 48.6 Å². The average molecular weight is 470 g/mol. The van der Waals surface area contributed by atoms with E-state index in [1.807, 2.05) is 12.1 Å². The third-order valence-electron chi connectivity index (χ3n) is 6.26. The van der Waals surface area contributed by atoms with Gasteiger partial charge < -0.3 is 9.47 Å². The van der Waals surface area contributed by atoms with E-state index in [0.29, 0.717) is 34.0 Å². The maximum Gasteiger partial charge on any atom is 0.315 e. The number of hydrogen-bond donors (Lipinski definition) is 0. The van der Waals surface area contributed by atoms with Crippen LogP contribution in [0.25, 0.3) is 0 Å². The van der Waals surface area contributed by atoms with Crippen LogP contribution in [-0.2, 0) is 19.1 Å². The minimum Gasteiger partial charge on any atom is -0.463 e. The van der Waals surface area contributed by atoms with Gasteiger partial charge in [-0.25, -0.2) is 4.39 Å². The van der Waals surface area contributed by atoms with E-state index in [0.717, 1.165) is 5.56 Å². The SMILES string of the molecule is COCCOC(=O)C1C(C)=NC2=C(C(=O)C[C@H](c3ccc(Cl)cc3)C2)[C@H]1c1ccccc1F. The van der Waals surface area contributed by atoms with Crippen molar-refractivity contribution in [3.05, 3.63) is 81.8 Å². The molecular weight excluding hydrogens is 445 g/mol. The molecule has 2 aliphatic rings. The first kappa shape index (κ1) is 23.3. The highest BCUT2D eigenvalue weighted by atomic mass is 35.5. The fourth-order valence-electron chi connectivity index (χ4n) is 4.71. The van der Waals surface area contributed by atoms with Gasteiger partial charge in [-0.2, -0.15) is 0 Å². The number of rotatable bonds is 6. The van der Waals surface area contributed by atoms with E-state index in [1.54, 1.807) is 37.3 Å². The molecule has 0 aromatic heterocycles. The molecule has 1 aliphatic heterocycles. The number of carbonyl (C=O) groups is 2. The van der Waals surface area contributed by atoms with Gasteiger partial charge in [-0.15, -0.1) is 0 Å². The van der Waals surface area contributed by atoms with Crippen molar-refractivity contribution >= 4 is 29.1 Å². The molecule has 4 rings (SSSR count). The highest BCUT2D eigenvalue weighted by molar-refractivity contribution is 6.30. The number of ketones is 1. The zero-order chi connectivity index (χ0) is 23.5. The second-order valence-electron chi connectivity index (χ2n) is 8.33. The summed E-state index contributed by atoms with van der Waals surface area (Å²) in [6.45, 7) is 2.05. The first-order valence-corrected chi connectivity index (χ1v) is 11.3. The molecule has 1 heterocycles. The van der Waals surface area contributed by atoms with Crippen LogP contribution in [0.1, 0.15) is 42.7 Å². The minimum atomic E-state index is -0.881. The molecule has 7 heteroatoms. The van der Waals surface area contributed by atoms with Gasteiger partial charge in [0.05, 0.1) is 6.61 Å². The van der Waals surface area contributed by atoms with Crippen LogP contribution in [-0.4, -0.2) is 37.8 Å². The summed E-state index contributed by atoms with van der Waals surface area (Å²) in [5.74, 6) is -2.86. The number of nitrogens with zero attached hydrogens (tertiary/aromatic N) is 1. The van der Waals surface area contributed by atoms with Gasteiger partial charge in [0, 0.05) is 41.5 Å². The predicted octanol–water partition coefficient (Wildman–Crippen LogP) is 5.24. The van der Waals surface area contributed by atoms with Crippen LogP contribution in [0.4, 0.5) is 4.39 Å². The van der Waals surface area contributed by atoms with E-state index in [-0.39, 0.29) is 31.3 Å². The number of benzene rings is 2. The highest BCUT2D eigenvalue weighted by Crippen LogP contribution is 2.47. The number of Topliss-reactive ketones (excluding diaryl/α,β-unsaturated/α-hetero) is 1. The standard InChI is InChI=1S/C26H25ClFNO4/c1-15-23(26(31)33-12-11-32-2)24(19-5-3-4-6-20(19)28)25-21(29-15)13-17(14-22(25)30)16-7-9-18(27)10-8-16/h3-10,17,23-24H,11-14H2,1-2H3/t17-,23?,24+/m1/s1. The highest BCUT2D eigenvalue weighted by Gasteiger charge is 2.45. The third kappa shape index (κ3) is 4.77. The number of halogens is 2. The van der Waals surface area contributed by atoms with Crippen LogP contribution in [0.5, 0.6) is 0 Å². The van der Waals surface area contributed by atoms with Crippen molar-refractivity contribution in [1.29, 1.82) is 0 Å². The van der Waals surface area contributed by atoms with Crippen molar-refractivity contribution in [3.8, 4) is 0 Å². The number of allylic oxidation sites excluding steroid dienone is 2. The Morgan fingerprint density at radius 2 is 1.85 bits per heavy atom. The molecule has 0 N–H and O–H groups in total. The average Bonchev–Trinajstić information content (AvgIpc) is 2.79. The molecule has 0 amide bonds. The lowest BCUT2D eigenvalue weighted by molar-refractivity contribution is -0.147. The van der Waals surface area contributed by atoms with E-state index in [4.69, 9.17) is 21.1 Å². The molecule has 172 valence electrons. The van der Waals surface area contributed by atoms with Crippen molar-refractivity contribution in [2.24, 2.45) is 10.9 Å². The zero-order valence-electron chi connectivity index (χ0n) is 18.5. The summed E-state index contributed by atoms with van der Waals surface area (Å²) >= 11 is 6.02. The van der Waals surface area contributed by atoms with E-state index in [9.17, 15) is 14.0 Å². The fourth-order valence-corrected chi connectivity index (χ4v) is 4.84. The molecule has 0 fully saturated rings. The molecule has 33 heavy (non-hydrogen) atoms. The van der Waals surface area contributed by atoms with Gasteiger partial charge in [0.25, 0.3) is 0 Å². The summed E-state index contributed by atoms with van der Waals surface area (Å²) in [6, 6.07) is 13.7. The van der Waals surface area contributed by atoms with Gasteiger partial charge in [-0.1, -0.05) is 41.9 Å². The topological polar surface area (TPSA) is 65.0 Å². The molecule has 0 radical (unpaired) electrons. The molecule has 2 aromatic carbocycles. The lowest BCUT2D eigenvalue weighted by Crippen LogP contribution is -2.38. The Balaban J connectivity index is 1.76. The lowest BCUT2D eigenvalue weighted by atomic mass is 9.69. The van der Waals surface area contributed by atoms with Crippen LogP contribution in [0.15, 0.2) is 64.8 Å². The molecule has 1 aliphatic carbocycles. The van der Waals surface area contributed by atoms with Crippen LogP contribution in [0.3, 0.4) is 0 Å². The molecule has 0 saturated heterocycles. The van der Waals surface area contributed by atoms with Gasteiger partial charge in [0.1, 0.15) is 18.3 Å². The number of esters is 1. The van der Waals surface area contributed by atoms with Crippen molar-refractivity contribution < 1.29 is 23.5 Å². The van der Waals surface area contributed by atoms with E-state index >= 15 is 0 Å². The number of ether oxygens (including phenoxy) is 2. The number of aliphatic imine (C=N–C) groups is 1. The normalized spacial score (nSPS) is 22.6. The first-order valence-electron chi connectivity index (χ1n) is 10.9. The quantitative estimate of drug-likeness (QED) is 0.428. The molecule has 5 nitrogen and oxygen atoms in total. The van der Waals surface area contributed by atoms with Gasteiger partial charge in [-0.3, -0.25) is 14.6 Å². The van der Waals surface area contributed by atoms with Gasteiger partial charge >= 0.3 is 5.97 Å². The van der Waals surface area contributed by atoms with E-state index in [1.165, 1.54) is 13.2 Å². The third-order valence-corrected chi connectivity index (χ3v) is 6.51. The summed E-state index contributed by atoms with van der Waals surface area (Å²) in [6.07, 6.45) is 0.780. The number of hydrogen-bond acceptors (Lipinski definition) is 5. The Kier molecular flexibility index (Phi) is 7.05. The molecular formula is C26H25ClFNO4. The maximum absolute atomic E-state index is 15.0. The van der Waals surface area contributed by atoms with Crippen LogP contribution in [0, 0.1) is 11.7 Å². The van der Waals surface area contributed by atoms with Crippen LogP contribution in [0.2, 0.25) is 5.02 Å². The van der Waals surface area contributed by atoms with Gasteiger partial charge in [0.15, 0.2) is 5.78 Å². The van der Waals surface area contributed by atoms with Crippen molar-refractivity contribution in [2.75, 3.05) is 20.3 Å². The second kappa shape index (κ2) is 9.98. The zero-order valence-corrected chi connectivity index (χ0v) is 19.3. The molecule has 0 spiro atoms.